The molecule has 160 valence electrons. The highest BCUT2D eigenvalue weighted by atomic mass is 32.2. The molecule has 30 heavy (non-hydrogen) atoms. The van der Waals surface area contributed by atoms with Gasteiger partial charge in [0, 0.05) is 36.5 Å². The molecule has 0 unspecified atom stereocenters. The highest BCUT2D eigenvalue weighted by Crippen LogP contribution is 2.30. The maximum Gasteiger partial charge on any atom is 0.270 e. The summed E-state index contributed by atoms with van der Waals surface area (Å²) in [5.74, 6) is -0.421. The van der Waals surface area contributed by atoms with Gasteiger partial charge in [0.2, 0.25) is 10.0 Å². The number of rotatable bonds is 7. The molecule has 1 saturated heterocycles. The van der Waals surface area contributed by atoms with E-state index in [-0.39, 0.29) is 47.3 Å². The second-order valence-electron chi connectivity index (χ2n) is 6.37. The maximum atomic E-state index is 13.1. The summed E-state index contributed by atoms with van der Waals surface area (Å²) in [6.07, 6.45) is 0. The number of carbonyl (C=O) groups excluding carboxylic acids is 1. The molecular weight excluding hydrogens is 414 g/mol. The average molecular weight is 435 g/mol. The topological polar surface area (TPSA) is 128 Å². The van der Waals surface area contributed by atoms with Gasteiger partial charge in [0.15, 0.2) is 0 Å². The van der Waals surface area contributed by atoms with Crippen LogP contribution in [0.5, 0.6) is 5.75 Å². The molecule has 2 aromatic carbocycles. The fraction of sp³-hybridized carbons (Fsp3) is 0.316. The molecule has 10 nitrogen and oxygen atoms in total. The van der Waals surface area contributed by atoms with Crippen molar-refractivity contribution in [3.63, 3.8) is 0 Å². The quantitative estimate of drug-likeness (QED) is 0.522. The van der Waals surface area contributed by atoms with E-state index in [0.717, 1.165) is 6.07 Å². The Morgan fingerprint density at radius 2 is 1.97 bits per heavy atom. The van der Waals surface area contributed by atoms with Crippen molar-refractivity contribution < 1.29 is 27.6 Å². The van der Waals surface area contributed by atoms with E-state index in [2.05, 4.69) is 5.32 Å². The van der Waals surface area contributed by atoms with Crippen LogP contribution in [0.1, 0.15) is 17.3 Å². The molecule has 1 N–H and O–H groups in total. The number of sulfonamides is 1. The SMILES string of the molecule is CCOc1ccc(NC(=O)c2cccc([N+](=O)[O-])c2)cc1S(=O)(=O)N1CCOCC1. The number of benzene rings is 2. The van der Waals surface area contributed by atoms with Gasteiger partial charge in [-0.05, 0) is 31.2 Å². The van der Waals surface area contributed by atoms with Gasteiger partial charge >= 0.3 is 0 Å². The van der Waals surface area contributed by atoms with Crippen LogP contribution in [-0.2, 0) is 14.8 Å². The van der Waals surface area contributed by atoms with Crippen molar-refractivity contribution in [2.45, 2.75) is 11.8 Å². The molecule has 0 radical (unpaired) electrons. The predicted octanol–water partition coefficient (Wildman–Crippen LogP) is 2.27. The fourth-order valence-corrected chi connectivity index (χ4v) is 4.52. The molecule has 1 fully saturated rings. The summed E-state index contributed by atoms with van der Waals surface area (Å²) in [6.45, 7) is 3.04. The Kier molecular flexibility index (Phi) is 6.65. The molecule has 0 bridgehead atoms. The summed E-state index contributed by atoms with van der Waals surface area (Å²) >= 11 is 0. The molecule has 0 aromatic heterocycles. The zero-order valence-electron chi connectivity index (χ0n) is 16.2. The van der Waals surface area contributed by atoms with Crippen molar-refractivity contribution >= 4 is 27.3 Å². The molecule has 2 aromatic rings. The number of nitrogens with zero attached hydrogens (tertiary/aromatic N) is 2. The number of nitro groups is 1. The molecule has 1 aliphatic rings. The van der Waals surface area contributed by atoms with Crippen LogP contribution in [0.3, 0.4) is 0 Å². The van der Waals surface area contributed by atoms with Crippen LogP contribution in [0.4, 0.5) is 11.4 Å². The van der Waals surface area contributed by atoms with Crippen molar-refractivity contribution in [1.29, 1.82) is 0 Å². The van der Waals surface area contributed by atoms with E-state index in [9.17, 15) is 23.3 Å². The molecule has 0 aliphatic carbocycles. The molecule has 0 spiro atoms. The lowest BCUT2D eigenvalue weighted by Crippen LogP contribution is -2.40. The molecule has 11 heteroatoms. The summed E-state index contributed by atoms with van der Waals surface area (Å²) in [6, 6.07) is 9.57. The van der Waals surface area contributed by atoms with Gasteiger partial charge in [-0.15, -0.1) is 0 Å². The van der Waals surface area contributed by atoms with E-state index in [1.54, 1.807) is 6.92 Å². The van der Waals surface area contributed by atoms with Gasteiger partial charge in [-0.2, -0.15) is 4.31 Å². The minimum absolute atomic E-state index is 0.0666. The zero-order valence-corrected chi connectivity index (χ0v) is 17.1. The first-order chi connectivity index (χ1) is 14.3. The van der Waals surface area contributed by atoms with Crippen LogP contribution in [0.2, 0.25) is 0 Å². The summed E-state index contributed by atoms with van der Waals surface area (Å²) < 4.78 is 38.2. The molecule has 1 heterocycles. The first kappa shape index (κ1) is 21.7. The van der Waals surface area contributed by atoms with Crippen molar-refractivity contribution in [1.82, 2.24) is 4.31 Å². The van der Waals surface area contributed by atoms with Gasteiger partial charge in [0.05, 0.1) is 24.7 Å². The smallest absolute Gasteiger partial charge is 0.270 e. The highest BCUT2D eigenvalue weighted by Gasteiger charge is 2.30. The second-order valence-corrected chi connectivity index (χ2v) is 8.28. The van der Waals surface area contributed by atoms with Crippen molar-refractivity contribution in [3.05, 3.63) is 58.1 Å². The van der Waals surface area contributed by atoms with Crippen LogP contribution in [0, 0.1) is 10.1 Å². The molecule has 1 amide bonds. The van der Waals surface area contributed by atoms with Crippen LogP contribution >= 0.6 is 0 Å². The number of nitrogens with one attached hydrogen (secondary N) is 1. The largest absolute Gasteiger partial charge is 0.492 e. The monoisotopic (exact) mass is 435 g/mol. The van der Waals surface area contributed by atoms with E-state index in [1.807, 2.05) is 0 Å². The third-order valence-electron chi connectivity index (χ3n) is 4.41. The van der Waals surface area contributed by atoms with Crippen molar-refractivity contribution in [2.75, 3.05) is 38.2 Å². The molecule has 0 atom stereocenters. The standard InChI is InChI=1S/C19H21N3O7S/c1-2-29-17-7-6-15(13-18(17)30(26,27)21-8-10-28-11-9-21)20-19(23)14-4-3-5-16(12-14)22(24)25/h3-7,12-13H,2,8-11H2,1H3,(H,20,23). The van der Waals surface area contributed by atoms with Crippen LogP contribution in [0.15, 0.2) is 47.4 Å². The Balaban J connectivity index is 1.91. The number of morpholine rings is 1. The summed E-state index contributed by atoms with van der Waals surface area (Å²) in [7, 11) is -3.87. The fourth-order valence-electron chi connectivity index (χ4n) is 2.95. The summed E-state index contributed by atoms with van der Waals surface area (Å²) in [4.78, 5) is 22.8. The first-order valence-electron chi connectivity index (χ1n) is 9.23. The Bertz CT molecular complexity index is 1050. The van der Waals surface area contributed by atoms with E-state index in [1.165, 1.54) is 40.7 Å². The van der Waals surface area contributed by atoms with Crippen molar-refractivity contribution in [3.8, 4) is 5.75 Å². The minimum atomic E-state index is -3.87. The molecular formula is C19H21N3O7S. The van der Waals surface area contributed by atoms with Gasteiger partial charge < -0.3 is 14.8 Å². The van der Waals surface area contributed by atoms with Gasteiger partial charge in [0.1, 0.15) is 10.6 Å². The number of ether oxygens (including phenoxy) is 2. The average Bonchev–Trinajstić information content (AvgIpc) is 2.75. The number of nitro benzene ring substituents is 1. The lowest BCUT2D eigenvalue weighted by Gasteiger charge is -2.27. The normalized spacial score (nSPS) is 14.8. The lowest BCUT2D eigenvalue weighted by molar-refractivity contribution is -0.384. The molecule has 0 saturated carbocycles. The minimum Gasteiger partial charge on any atom is -0.492 e. The van der Waals surface area contributed by atoms with Crippen LogP contribution in [-0.4, -0.2) is 56.5 Å². The maximum absolute atomic E-state index is 13.1. The number of amides is 1. The Hall–Kier alpha value is -3.02. The van der Waals surface area contributed by atoms with Gasteiger partial charge in [0.25, 0.3) is 11.6 Å². The van der Waals surface area contributed by atoms with E-state index < -0.39 is 20.9 Å². The predicted molar refractivity (Wildman–Crippen MR) is 108 cm³/mol. The number of non-ortho nitro benzene ring substituents is 1. The van der Waals surface area contributed by atoms with Gasteiger partial charge in [-0.1, -0.05) is 6.07 Å². The number of anilines is 1. The lowest BCUT2D eigenvalue weighted by atomic mass is 10.2. The first-order valence-corrected chi connectivity index (χ1v) is 10.7. The van der Waals surface area contributed by atoms with Crippen LogP contribution < -0.4 is 10.1 Å². The Morgan fingerprint density at radius 1 is 1.23 bits per heavy atom. The van der Waals surface area contributed by atoms with Gasteiger partial charge in [-0.3, -0.25) is 14.9 Å². The number of carbonyl (C=O) groups is 1. The summed E-state index contributed by atoms with van der Waals surface area (Å²) in [5.41, 5.74) is 0.0855. The number of hydrogen-bond donors (Lipinski definition) is 1. The number of hydrogen-bond acceptors (Lipinski definition) is 7. The Labute approximate surface area is 173 Å². The van der Waals surface area contributed by atoms with Crippen molar-refractivity contribution in [2.24, 2.45) is 0 Å². The van der Waals surface area contributed by atoms with E-state index >= 15 is 0 Å². The van der Waals surface area contributed by atoms with Gasteiger partial charge in [-0.25, -0.2) is 8.42 Å². The Morgan fingerprint density at radius 3 is 2.63 bits per heavy atom. The second kappa shape index (κ2) is 9.20. The van der Waals surface area contributed by atoms with Crippen LogP contribution in [0.25, 0.3) is 0 Å². The highest BCUT2D eigenvalue weighted by molar-refractivity contribution is 7.89. The van der Waals surface area contributed by atoms with E-state index in [0.29, 0.717) is 13.2 Å². The summed E-state index contributed by atoms with van der Waals surface area (Å²) in [5, 5.41) is 13.5. The third kappa shape index (κ3) is 4.75. The zero-order chi connectivity index (χ0) is 21.7. The molecule has 1 aliphatic heterocycles. The van der Waals surface area contributed by atoms with E-state index in [4.69, 9.17) is 9.47 Å². The molecule has 3 rings (SSSR count). The third-order valence-corrected chi connectivity index (χ3v) is 6.33.